The van der Waals surface area contributed by atoms with E-state index in [1.165, 1.54) is 12.1 Å². The van der Waals surface area contributed by atoms with Crippen LogP contribution in [0.2, 0.25) is 0 Å². The summed E-state index contributed by atoms with van der Waals surface area (Å²) >= 11 is 0. The second-order valence-corrected chi connectivity index (χ2v) is 10.6. The molecule has 0 radical (unpaired) electrons. The van der Waals surface area contributed by atoms with Gasteiger partial charge in [0.1, 0.15) is 17.2 Å². The van der Waals surface area contributed by atoms with Crippen molar-refractivity contribution in [3.8, 4) is 11.5 Å². The Kier molecular flexibility index (Phi) is 8.25. The van der Waals surface area contributed by atoms with Crippen molar-refractivity contribution < 1.29 is 27.4 Å². The number of fused-ring (bicyclic) bond motifs is 1. The van der Waals surface area contributed by atoms with Gasteiger partial charge in [0.05, 0.1) is 7.11 Å². The third-order valence-electron chi connectivity index (χ3n) is 7.35. The Morgan fingerprint density at radius 1 is 1.13 bits per heavy atom. The molecule has 1 aromatic heterocycles. The minimum Gasteiger partial charge on any atom is -0.497 e. The van der Waals surface area contributed by atoms with E-state index in [-0.39, 0.29) is 17.2 Å². The van der Waals surface area contributed by atoms with Crippen molar-refractivity contribution >= 4 is 16.8 Å². The van der Waals surface area contributed by atoms with Gasteiger partial charge in [0, 0.05) is 36.1 Å². The minimum atomic E-state index is -4.71. The number of piperidine rings is 1. The topological polar surface area (TPSA) is 57.8 Å². The molecule has 2 heterocycles. The normalized spacial score (nSPS) is 17.0. The molecule has 1 unspecified atom stereocenters. The summed E-state index contributed by atoms with van der Waals surface area (Å²) in [6, 6.07) is 13.8. The van der Waals surface area contributed by atoms with E-state index < -0.39 is 6.36 Å². The van der Waals surface area contributed by atoms with Gasteiger partial charge in [0.2, 0.25) is 0 Å². The summed E-state index contributed by atoms with van der Waals surface area (Å²) in [5.41, 5.74) is 1.97. The highest BCUT2D eigenvalue weighted by atomic mass is 19.4. The van der Waals surface area contributed by atoms with Gasteiger partial charge in [-0.25, -0.2) is 0 Å². The maximum absolute atomic E-state index is 13.4. The first-order valence-electron chi connectivity index (χ1n) is 13.0. The number of alkyl halides is 3. The third kappa shape index (κ3) is 6.81. The summed E-state index contributed by atoms with van der Waals surface area (Å²) in [6.45, 7) is 9.21. The maximum atomic E-state index is 13.4. The first-order valence-corrected chi connectivity index (χ1v) is 13.0. The van der Waals surface area contributed by atoms with Gasteiger partial charge in [0.25, 0.3) is 5.91 Å². The average molecular weight is 532 g/mol. The predicted octanol–water partition coefficient (Wildman–Crippen LogP) is 6.27. The smallest absolute Gasteiger partial charge is 0.497 e. The van der Waals surface area contributed by atoms with E-state index in [2.05, 4.69) is 28.5 Å². The first kappa shape index (κ1) is 27.8. The molecule has 0 saturated carbocycles. The zero-order valence-corrected chi connectivity index (χ0v) is 22.4. The molecule has 1 aliphatic heterocycles. The zero-order valence-electron chi connectivity index (χ0n) is 22.4. The molecule has 4 rings (SSSR count). The van der Waals surface area contributed by atoms with Gasteiger partial charge >= 0.3 is 6.36 Å². The van der Waals surface area contributed by atoms with Crippen molar-refractivity contribution in [3.05, 3.63) is 59.8 Å². The summed E-state index contributed by atoms with van der Waals surface area (Å²) in [5.74, 6) is 0.819. The molecular formula is C29H36F3N3O3. The Balaban J connectivity index is 1.41. The molecule has 1 aliphatic rings. The molecule has 0 bridgehead atoms. The van der Waals surface area contributed by atoms with Crippen LogP contribution in [0, 0.1) is 5.92 Å². The number of rotatable bonds is 9. The molecule has 1 amide bonds. The number of hydrogen-bond donors (Lipinski definition) is 1. The van der Waals surface area contributed by atoms with Gasteiger partial charge in [0.15, 0.2) is 0 Å². The monoisotopic (exact) mass is 531 g/mol. The summed E-state index contributed by atoms with van der Waals surface area (Å²) in [6.07, 6.45) is -2.10. The van der Waals surface area contributed by atoms with Crippen molar-refractivity contribution in [1.29, 1.82) is 0 Å². The molecule has 9 heteroatoms. The lowest BCUT2D eigenvalue weighted by atomic mass is 9.88. The van der Waals surface area contributed by atoms with E-state index in [1.54, 1.807) is 13.2 Å². The fourth-order valence-corrected chi connectivity index (χ4v) is 5.42. The molecular weight excluding hydrogens is 495 g/mol. The Bertz CT molecular complexity index is 1250. The molecule has 0 aliphatic carbocycles. The number of nitrogens with zero attached hydrogens (tertiary/aromatic N) is 2. The van der Waals surface area contributed by atoms with Crippen LogP contribution in [0.3, 0.4) is 0 Å². The van der Waals surface area contributed by atoms with Gasteiger partial charge in [-0.05, 0) is 94.5 Å². The van der Waals surface area contributed by atoms with E-state index in [9.17, 15) is 18.0 Å². The van der Waals surface area contributed by atoms with Crippen LogP contribution in [0.5, 0.6) is 11.5 Å². The molecule has 206 valence electrons. The average Bonchev–Trinajstić information content (AvgIpc) is 3.29. The van der Waals surface area contributed by atoms with E-state index in [4.69, 9.17) is 4.74 Å². The van der Waals surface area contributed by atoms with Crippen molar-refractivity contribution in [1.82, 2.24) is 14.8 Å². The third-order valence-corrected chi connectivity index (χ3v) is 7.35. The highest BCUT2D eigenvalue weighted by molar-refractivity contribution is 5.98. The van der Waals surface area contributed by atoms with Crippen LogP contribution in [-0.2, 0) is 6.42 Å². The first-order chi connectivity index (χ1) is 18.0. The molecule has 1 saturated heterocycles. The Morgan fingerprint density at radius 3 is 2.63 bits per heavy atom. The standard InChI is InChI=1S/C29H36F3N3O3/c1-5-34(27(36)26-16-22-15-23(37-4)11-12-25(22)33-26)18-21-9-7-13-35(19-21)28(2,3)17-20-8-6-10-24(14-20)38-29(30,31)32/h6,8,10-12,14-16,21,33H,5,7,9,13,17-19H2,1-4H3. The van der Waals surface area contributed by atoms with Crippen LogP contribution < -0.4 is 9.47 Å². The largest absolute Gasteiger partial charge is 0.573 e. The highest BCUT2D eigenvalue weighted by Gasteiger charge is 2.34. The molecule has 6 nitrogen and oxygen atoms in total. The van der Waals surface area contributed by atoms with Crippen LogP contribution in [0.1, 0.15) is 49.7 Å². The van der Waals surface area contributed by atoms with E-state index in [0.29, 0.717) is 31.1 Å². The number of carbonyl (C=O) groups is 1. The molecule has 1 atom stereocenters. The number of benzene rings is 2. The van der Waals surface area contributed by atoms with Gasteiger partial charge < -0.3 is 19.4 Å². The van der Waals surface area contributed by atoms with Crippen LogP contribution >= 0.6 is 0 Å². The number of hydrogen-bond acceptors (Lipinski definition) is 4. The number of carbonyl (C=O) groups excluding carboxylic acids is 1. The van der Waals surface area contributed by atoms with Crippen LogP contribution in [-0.4, -0.2) is 65.9 Å². The Labute approximate surface area is 221 Å². The molecule has 2 aromatic carbocycles. The summed E-state index contributed by atoms with van der Waals surface area (Å²) in [5, 5.41) is 0.930. The minimum absolute atomic E-state index is 0.0273. The van der Waals surface area contributed by atoms with Crippen LogP contribution in [0.25, 0.3) is 10.9 Å². The molecule has 38 heavy (non-hydrogen) atoms. The quantitative estimate of drug-likeness (QED) is 0.354. The number of methoxy groups -OCH3 is 1. The lowest BCUT2D eigenvalue weighted by Crippen LogP contribution is -2.52. The molecule has 0 spiro atoms. The van der Waals surface area contributed by atoms with Gasteiger partial charge in [-0.15, -0.1) is 13.2 Å². The fourth-order valence-electron chi connectivity index (χ4n) is 5.42. The van der Waals surface area contributed by atoms with Crippen molar-refractivity contribution in [3.63, 3.8) is 0 Å². The zero-order chi connectivity index (χ0) is 27.5. The van der Waals surface area contributed by atoms with Crippen molar-refractivity contribution in [2.45, 2.75) is 51.9 Å². The van der Waals surface area contributed by atoms with Crippen molar-refractivity contribution in [2.75, 3.05) is 33.3 Å². The predicted molar refractivity (Wildman–Crippen MR) is 142 cm³/mol. The molecule has 3 aromatic rings. The molecule has 1 N–H and O–H groups in total. The van der Waals surface area contributed by atoms with Crippen LogP contribution in [0.15, 0.2) is 48.5 Å². The van der Waals surface area contributed by atoms with Gasteiger partial charge in [-0.3, -0.25) is 9.69 Å². The number of H-pyrrole nitrogens is 1. The summed E-state index contributed by atoms with van der Waals surface area (Å²) in [7, 11) is 1.62. The fraction of sp³-hybridized carbons (Fsp3) is 0.483. The maximum Gasteiger partial charge on any atom is 0.573 e. The number of aromatic nitrogens is 1. The Morgan fingerprint density at radius 2 is 1.92 bits per heavy atom. The number of amides is 1. The number of halogens is 3. The number of aromatic amines is 1. The second kappa shape index (κ2) is 11.3. The van der Waals surface area contributed by atoms with Crippen molar-refractivity contribution in [2.24, 2.45) is 5.92 Å². The molecule has 1 fully saturated rings. The van der Waals surface area contributed by atoms with E-state index >= 15 is 0 Å². The lowest BCUT2D eigenvalue weighted by molar-refractivity contribution is -0.274. The van der Waals surface area contributed by atoms with E-state index in [1.807, 2.05) is 42.2 Å². The van der Waals surface area contributed by atoms with Gasteiger partial charge in [-0.1, -0.05) is 12.1 Å². The number of nitrogens with one attached hydrogen (secondary N) is 1. The Hall–Kier alpha value is -3.20. The van der Waals surface area contributed by atoms with E-state index in [0.717, 1.165) is 48.1 Å². The summed E-state index contributed by atoms with van der Waals surface area (Å²) in [4.78, 5) is 20.9. The number of ether oxygens (including phenoxy) is 2. The summed E-state index contributed by atoms with van der Waals surface area (Å²) < 4.78 is 47.4. The SMILES string of the molecule is CCN(CC1CCCN(C(C)(C)Cc2cccc(OC(F)(F)F)c2)C1)C(=O)c1cc2cc(OC)ccc2[nH]1. The highest BCUT2D eigenvalue weighted by Crippen LogP contribution is 2.30. The second-order valence-electron chi connectivity index (χ2n) is 10.6. The lowest BCUT2D eigenvalue weighted by Gasteiger charge is -2.44. The van der Waals surface area contributed by atoms with Gasteiger partial charge in [-0.2, -0.15) is 0 Å². The number of likely N-dealkylation sites (tertiary alicyclic amines) is 1. The van der Waals surface area contributed by atoms with Crippen LogP contribution in [0.4, 0.5) is 13.2 Å².